The third kappa shape index (κ3) is 4.60. The molecule has 0 spiro atoms. The van der Waals surface area contributed by atoms with Crippen molar-refractivity contribution < 1.29 is 4.74 Å². The fourth-order valence-electron chi connectivity index (χ4n) is 2.07. The second-order valence-electron chi connectivity index (χ2n) is 4.62. The van der Waals surface area contributed by atoms with Crippen LogP contribution in [0, 0.1) is 0 Å². The van der Waals surface area contributed by atoms with Gasteiger partial charge in [0, 0.05) is 24.5 Å². The van der Waals surface area contributed by atoms with Crippen LogP contribution in [0.2, 0.25) is 5.02 Å². The summed E-state index contributed by atoms with van der Waals surface area (Å²) in [6, 6.07) is 12.1. The fraction of sp³-hybridized carbons (Fsp3) is 0.312. The molecule has 3 nitrogen and oxygen atoms in total. The molecule has 1 atom stereocenters. The first-order valence-corrected chi connectivity index (χ1v) is 7.04. The summed E-state index contributed by atoms with van der Waals surface area (Å²) in [6.07, 6.45) is 4.63. The molecule has 0 unspecified atom stereocenters. The number of methoxy groups -OCH3 is 1. The number of pyridine rings is 1. The Labute approximate surface area is 124 Å². The lowest BCUT2D eigenvalue weighted by Gasteiger charge is -2.18. The van der Waals surface area contributed by atoms with Crippen LogP contribution in [-0.2, 0) is 11.2 Å². The van der Waals surface area contributed by atoms with E-state index in [0.717, 1.165) is 18.0 Å². The number of hydrogen-bond donors (Lipinski definition) is 1. The molecule has 1 aromatic heterocycles. The normalized spacial score (nSPS) is 12.3. The molecular weight excluding hydrogens is 272 g/mol. The summed E-state index contributed by atoms with van der Waals surface area (Å²) < 4.78 is 5.28. The van der Waals surface area contributed by atoms with Crippen molar-refractivity contribution in [2.45, 2.75) is 12.5 Å². The average molecular weight is 291 g/mol. The van der Waals surface area contributed by atoms with Gasteiger partial charge in [-0.25, -0.2) is 0 Å². The Morgan fingerprint density at radius 1 is 1.25 bits per heavy atom. The van der Waals surface area contributed by atoms with E-state index in [0.29, 0.717) is 6.61 Å². The van der Waals surface area contributed by atoms with Crippen molar-refractivity contribution >= 4 is 11.6 Å². The zero-order valence-electron chi connectivity index (χ0n) is 11.6. The van der Waals surface area contributed by atoms with Crippen LogP contribution < -0.4 is 5.32 Å². The van der Waals surface area contributed by atoms with E-state index >= 15 is 0 Å². The smallest absolute Gasteiger partial charge is 0.0657 e. The van der Waals surface area contributed by atoms with Crippen LogP contribution in [0.15, 0.2) is 48.8 Å². The highest BCUT2D eigenvalue weighted by Crippen LogP contribution is 2.16. The van der Waals surface area contributed by atoms with Gasteiger partial charge < -0.3 is 10.1 Å². The molecule has 20 heavy (non-hydrogen) atoms. The van der Waals surface area contributed by atoms with E-state index in [1.165, 1.54) is 11.1 Å². The zero-order valence-corrected chi connectivity index (χ0v) is 12.3. The Morgan fingerprint density at radius 3 is 2.70 bits per heavy atom. The van der Waals surface area contributed by atoms with E-state index < -0.39 is 0 Å². The first-order valence-electron chi connectivity index (χ1n) is 6.66. The van der Waals surface area contributed by atoms with E-state index in [1.54, 1.807) is 13.3 Å². The Kier molecular flexibility index (Phi) is 5.99. The molecule has 0 aliphatic rings. The van der Waals surface area contributed by atoms with E-state index in [-0.39, 0.29) is 6.04 Å². The molecule has 0 fully saturated rings. The molecule has 1 N–H and O–H groups in total. The average Bonchev–Trinajstić information content (AvgIpc) is 2.48. The van der Waals surface area contributed by atoms with Crippen molar-refractivity contribution in [2.75, 3.05) is 20.3 Å². The SMILES string of the molecule is COC[C@H](NCCc1cccnc1)c1ccc(Cl)cc1. The maximum absolute atomic E-state index is 5.92. The molecule has 0 bridgehead atoms. The number of aromatic nitrogens is 1. The molecule has 0 aliphatic heterocycles. The summed E-state index contributed by atoms with van der Waals surface area (Å²) in [4.78, 5) is 4.12. The van der Waals surface area contributed by atoms with Crippen LogP contribution in [0.25, 0.3) is 0 Å². The molecular formula is C16H19ClN2O. The lowest BCUT2D eigenvalue weighted by Crippen LogP contribution is -2.27. The molecule has 0 aliphatic carbocycles. The molecule has 1 aromatic carbocycles. The lowest BCUT2D eigenvalue weighted by molar-refractivity contribution is 0.167. The maximum Gasteiger partial charge on any atom is 0.0657 e. The molecule has 106 valence electrons. The van der Waals surface area contributed by atoms with Crippen molar-refractivity contribution in [3.05, 3.63) is 64.9 Å². The van der Waals surface area contributed by atoms with Crippen LogP contribution in [0.4, 0.5) is 0 Å². The molecule has 0 saturated carbocycles. The van der Waals surface area contributed by atoms with Crippen LogP contribution in [0.5, 0.6) is 0 Å². The number of rotatable bonds is 7. The largest absolute Gasteiger partial charge is 0.383 e. The van der Waals surface area contributed by atoms with Crippen molar-refractivity contribution in [1.82, 2.24) is 10.3 Å². The number of halogens is 1. The van der Waals surface area contributed by atoms with Crippen molar-refractivity contribution in [1.29, 1.82) is 0 Å². The standard InChI is InChI=1S/C16H19ClN2O/c1-20-12-16(14-4-6-15(17)7-5-14)19-10-8-13-3-2-9-18-11-13/h2-7,9,11,16,19H,8,10,12H2,1H3/t16-/m0/s1. The van der Waals surface area contributed by atoms with Gasteiger partial charge >= 0.3 is 0 Å². The Balaban J connectivity index is 1.90. The van der Waals surface area contributed by atoms with Crippen molar-refractivity contribution in [3.8, 4) is 0 Å². The summed E-state index contributed by atoms with van der Waals surface area (Å²) in [7, 11) is 1.71. The van der Waals surface area contributed by atoms with E-state index in [1.807, 2.05) is 36.5 Å². The monoisotopic (exact) mass is 290 g/mol. The first-order chi connectivity index (χ1) is 9.79. The molecule has 4 heteroatoms. The highest BCUT2D eigenvalue weighted by molar-refractivity contribution is 6.30. The number of nitrogens with one attached hydrogen (secondary N) is 1. The molecule has 0 saturated heterocycles. The molecule has 0 radical (unpaired) electrons. The highest BCUT2D eigenvalue weighted by Gasteiger charge is 2.10. The van der Waals surface area contributed by atoms with E-state index in [9.17, 15) is 0 Å². The summed E-state index contributed by atoms with van der Waals surface area (Å²) in [5.41, 5.74) is 2.41. The summed E-state index contributed by atoms with van der Waals surface area (Å²) in [6.45, 7) is 1.51. The van der Waals surface area contributed by atoms with Gasteiger partial charge in [-0.1, -0.05) is 29.8 Å². The molecule has 0 amide bonds. The van der Waals surface area contributed by atoms with Crippen LogP contribution in [0.1, 0.15) is 17.2 Å². The summed E-state index contributed by atoms with van der Waals surface area (Å²) in [5, 5.41) is 4.26. The van der Waals surface area contributed by atoms with Gasteiger partial charge in [0.05, 0.1) is 12.6 Å². The van der Waals surface area contributed by atoms with Gasteiger partial charge in [-0.2, -0.15) is 0 Å². The van der Waals surface area contributed by atoms with Crippen molar-refractivity contribution in [3.63, 3.8) is 0 Å². The lowest BCUT2D eigenvalue weighted by atomic mass is 10.1. The fourth-order valence-corrected chi connectivity index (χ4v) is 2.20. The van der Waals surface area contributed by atoms with Gasteiger partial charge in [0.2, 0.25) is 0 Å². The Morgan fingerprint density at radius 2 is 2.05 bits per heavy atom. The predicted molar refractivity (Wildman–Crippen MR) is 82.0 cm³/mol. The summed E-state index contributed by atoms with van der Waals surface area (Å²) >= 11 is 5.92. The predicted octanol–water partition coefficient (Wildman–Crippen LogP) is 3.25. The van der Waals surface area contributed by atoms with Gasteiger partial charge in [-0.3, -0.25) is 4.98 Å². The number of hydrogen-bond acceptors (Lipinski definition) is 3. The van der Waals surface area contributed by atoms with Gasteiger partial charge in [-0.15, -0.1) is 0 Å². The van der Waals surface area contributed by atoms with Gasteiger partial charge in [0.15, 0.2) is 0 Å². The quantitative estimate of drug-likeness (QED) is 0.850. The highest BCUT2D eigenvalue weighted by atomic mass is 35.5. The van der Waals surface area contributed by atoms with E-state index in [2.05, 4.69) is 16.4 Å². The molecule has 2 aromatic rings. The van der Waals surface area contributed by atoms with Crippen molar-refractivity contribution in [2.24, 2.45) is 0 Å². The third-order valence-electron chi connectivity index (χ3n) is 3.13. The number of ether oxygens (including phenoxy) is 1. The third-order valence-corrected chi connectivity index (χ3v) is 3.38. The Hall–Kier alpha value is -1.42. The van der Waals surface area contributed by atoms with E-state index in [4.69, 9.17) is 16.3 Å². The van der Waals surface area contributed by atoms with Crippen LogP contribution in [-0.4, -0.2) is 25.2 Å². The zero-order chi connectivity index (χ0) is 14.2. The topological polar surface area (TPSA) is 34.1 Å². The summed E-state index contributed by atoms with van der Waals surface area (Å²) in [5.74, 6) is 0. The van der Waals surface area contributed by atoms with Crippen LogP contribution >= 0.6 is 11.6 Å². The second-order valence-corrected chi connectivity index (χ2v) is 5.06. The minimum Gasteiger partial charge on any atom is -0.383 e. The van der Waals surface area contributed by atoms with Gasteiger partial charge in [-0.05, 0) is 42.3 Å². The minimum atomic E-state index is 0.175. The first kappa shape index (κ1) is 15.0. The maximum atomic E-state index is 5.92. The number of nitrogens with zero attached hydrogens (tertiary/aromatic N) is 1. The number of benzene rings is 1. The van der Waals surface area contributed by atoms with Gasteiger partial charge in [0.1, 0.15) is 0 Å². The second kappa shape index (κ2) is 8.00. The van der Waals surface area contributed by atoms with Crippen LogP contribution in [0.3, 0.4) is 0 Å². The minimum absolute atomic E-state index is 0.175. The van der Waals surface area contributed by atoms with Gasteiger partial charge in [0.25, 0.3) is 0 Å². The Bertz CT molecular complexity index is 502. The molecule has 1 heterocycles. The molecule has 2 rings (SSSR count).